The molecule has 0 bridgehead atoms. The molecule has 2 amide bonds. The lowest BCUT2D eigenvalue weighted by atomic mass is 10.2. The number of anilines is 2. The predicted molar refractivity (Wildman–Crippen MR) is 107 cm³/mol. The fourth-order valence-corrected chi connectivity index (χ4v) is 4.85. The highest BCUT2D eigenvalue weighted by molar-refractivity contribution is 8.00. The number of thioether (sulfide) groups is 1. The second-order valence-electron chi connectivity index (χ2n) is 6.15. The van der Waals surface area contributed by atoms with E-state index >= 15 is 0 Å². The summed E-state index contributed by atoms with van der Waals surface area (Å²) in [5.41, 5.74) is 1.17. The van der Waals surface area contributed by atoms with Gasteiger partial charge in [-0.25, -0.2) is 9.97 Å². The van der Waals surface area contributed by atoms with Crippen molar-refractivity contribution >= 4 is 45.7 Å². The Bertz CT molecular complexity index is 1080. The fraction of sp³-hybridized carbons (Fsp3) is 0.222. The molecule has 11 heteroatoms. The van der Waals surface area contributed by atoms with Gasteiger partial charge in [0.05, 0.1) is 22.0 Å². The van der Waals surface area contributed by atoms with E-state index in [1.54, 1.807) is 13.0 Å². The number of benzene rings is 1. The van der Waals surface area contributed by atoms with Gasteiger partial charge in [-0.15, -0.1) is 11.8 Å². The maximum absolute atomic E-state index is 13.1. The van der Waals surface area contributed by atoms with E-state index in [0.717, 1.165) is 20.8 Å². The summed E-state index contributed by atoms with van der Waals surface area (Å²) in [6, 6.07) is 7.38. The lowest BCUT2D eigenvalue weighted by Crippen LogP contribution is -2.41. The number of para-hydroxylation sites is 1. The SMILES string of the molecule is Cc1nc(NC(=O)CN2C(=O)CSc3ccccc32)sc1-c1nccn1C(F)F. The second kappa shape index (κ2) is 7.91. The summed E-state index contributed by atoms with van der Waals surface area (Å²) in [6.45, 7) is -1.22. The van der Waals surface area contributed by atoms with Crippen molar-refractivity contribution in [1.82, 2.24) is 14.5 Å². The van der Waals surface area contributed by atoms with Crippen LogP contribution in [0.25, 0.3) is 10.7 Å². The first kappa shape index (κ1) is 19.5. The van der Waals surface area contributed by atoms with Gasteiger partial charge in [0, 0.05) is 17.3 Å². The van der Waals surface area contributed by atoms with Crippen LogP contribution in [0.15, 0.2) is 41.6 Å². The Hall–Kier alpha value is -2.79. The van der Waals surface area contributed by atoms with Crippen LogP contribution in [0.5, 0.6) is 0 Å². The zero-order valence-electron chi connectivity index (χ0n) is 15.1. The number of carbonyl (C=O) groups excluding carboxylic acids is 2. The minimum Gasteiger partial charge on any atom is -0.301 e. The van der Waals surface area contributed by atoms with Gasteiger partial charge in [-0.3, -0.25) is 14.2 Å². The van der Waals surface area contributed by atoms with Crippen molar-refractivity contribution in [3.8, 4) is 10.7 Å². The number of thiazole rings is 1. The molecule has 0 saturated heterocycles. The largest absolute Gasteiger partial charge is 0.320 e. The van der Waals surface area contributed by atoms with E-state index < -0.39 is 12.5 Å². The number of rotatable bonds is 5. The van der Waals surface area contributed by atoms with Gasteiger partial charge in [0.15, 0.2) is 11.0 Å². The number of imidazole rings is 1. The summed E-state index contributed by atoms with van der Waals surface area (Å²) in [7, 11) is 0. The molecule has 1 N–H and O–H groups in total. The standard InChI is InChI=1S/C18H15F2N5O2S2/c1-10-15(16-21-6-7-24(16)17(19)20)29-18(22-10)23-13(26)8-25-11-4-2-3-5-12(11)28-9-14(25)27/h2-7,17H,8-9H2,1H3,(H,22,23,26). The minimum absolute atomic E-state index is 0.0904. The molecule has 0 aliphatic carbocycles. The smallest absolute Gasteiger partial charge is 0.301 e. The highest BCUT2D eigenvalue weighted by Crippen LogP contribution is 2.35. The van der Waals surface area contributed by atoms with Crippen molar-refractivity contribution in [2.75, 3.05) is 22.5 Å². The van der Waals surface area contributed by atoms with E-state index in [-0.39, 0.29) is 29.2 Å². The first-order valence-electron chi connectivity index (χ1n) is 8.55. The first-order valence-corrected chi connectivity index (χ1v) is 10.3. The van der Waals surface area contributed by atoms with Gasteiger partial charge in [-0.05, 0) is 19.1 Å². The second-order valence-corrected chi connectivity index (χ2v) is 8.17. The highest BCUT2D eigenvalue weighted by atomic mass is 32.2. The predicted octanol–water partition coefficient (Wildman–Crippen LogP) is 3.79. The van der Waals surface area contributed by atoms with Crippen molar-refractivity contribution in [2.24, 2.45) is 0 Å². The number of nitrogens with one attached hydrogen (secondary N) is 1. The molecule has 0 atom stereocenters. The number of aromatic nitrogens is 3. The van der Waals surface area contributed by atoms with Crippen molar-refractivity contribution in [3.63, 3.8) is 0 Å². The van der Waals surface area contributed by atoms with Gasteiger partial charge in [-0.1, -0.05) is 23.5 Å². The molecule has 1 aliphatic rings. The quantitative estimate of drug-likeness (QED) is 0.660. The van der Waals surface area contributed by atoms with E-state index in [4.69, 9.17) is 0 Å². The van der Waals surface area contributed by atoms with Crippen molar-refractivity contribution < 1.29 is 18.4 Å². The molecule has 0 spiro atoms. The molecule has 0 saturated carbocycles. The third-order valence-electron chi connectivity index (χ3n) is 4.23. The molecule has 0 fully saturated rings. The Kier molecular flexibility index (Phi) is 5.33. The molecule has 1 aromatic carbocycles. The van der Waals surface area contributed by atoms with Crippen LogP contribution in [0.2, 0.25) is 0 Å². The molecule has 3 aromatic rings. The molecule has 150 valence electrons. The molecule has 4 rings (SSSR count). The Morgan fingerprint density at radius 3 is 2.93 bits per heavy atom. The van der Waals surface area contributed by atoms with Crippen molar-refractivity contribution in [3.05, 3.63) is 42.4 Å². The van der Waals surface area contributed by atoms with Crippen LogP contribution >= 0.6 is 23.1 Å². The van der Waals surface area contributed by atoms with Crippen molar-refractivity contribution in [2.45, 2.75) is 18.4 Å². The molecule has 3 heterocycles. The van der Waals surface area contributed by atoms with E-state index in [1.165, 1.54) is 29.1 Å². The van der Waals surface area contributed by atoms with Gasteiger partial charge in [0.1, 0.15) is 6.54 Å². The molecule has 29 heavy (non-hydrogen) atoms. The highest BCUT2D eigenvalue weighted by Gasteiger charge is 2.27. The number of hydrogen-bond donors (Lipinski definition) is 1. The van der Waals surface area contributed by atoms with Crippen LogP contribution in [0.3, 0.4) is 0 Å². The van der Waals surface area contributed by atoms with Gasteiger partial charge < -0.3 is 10.2 Å². The first-order chi connectivity index (χ1) is 13.9. The van der Waals surface area contributed by atoms with E-state index in [2.05, 4.69) is 15.3 Å². The van der Waals surface area contributed by atoms with Crippen LogP contribution in [-0.4, -0.2) is 38.6 Å². The Morgan fingerprint density at radius 1 is 1.34 bits per heavy atom. The zero-order valence-corrected chi connectivity index (χ0v) is 16.8. The van der Waals surface area contributed by atoms with Crippen LogP contribution < -0.4 is 10.2 Å². The molecule has 2 aromatic heterocycles. The number of amides is 2. The number of carbonyl (C=O) groups is 2. The summed E-state index contributed by atoms with van der Waals surface area (Å²) in [6.07, 6.45) is 2.48. The number of hydrogen-bond acceptors (Lipinski definition) is 6. The minimum atomic E-state index is -2.73. The topological polar surface area (TPSA) is 80.1 Å². The van der Waals surface area contributed by atoms with Gasteiger partial charge in [0.2, 0.25) is 11.8 Å². The molecular formula is C18H15F2N5O2S2. The number of nitrogens with zero attached hydrogens (tertiary/aromatic N) is 4. The van der Waals surface area contributed by atoms with E-state index in [1.807, 2.05) is 18.2 Å². The van der Waals surface area contributed by atoms with E-state index in [9.17, 15) is 18.4 Å². The number of fused-ring (bicyclic) bond motifs is 1. The molecule has 0 unspecified atom stereocenters. The fourth-order valence-electron chi connectivity index (χ4n) is 2.93. The van der Waals surface area contributed by atoms with Crippen LogP contribution in [0.4, 0.5) is 19.6 Å². The average molecular weight is 435 g/mol. The summed E-state index contributed by atoms with van der Waals surface area (Å²) >= 11 is 2.49. The summed E-state index contributed by atoms with van der Waals surface area (Å²) in [5, 5.41) is 2.92. The zero-order chi connectivity index (χ0) is 20.5. The lowest BCUT2D eigenvalue weighted by Gasteiger charge is -2.28. The summed E-state index contributed by atoms with van der Waals surface area (Å²) < 4.78 is 27.0. The Balaban J connectivity index is 1.51. The lowest BCUT2D eigenvalue weighted by molar-refractivity contribution is -0.120. The number of aryl methyl sites for hydroxylation is 1. The van der Waals surface area contributed by atoms with Gasteiger partial charge >= 0.3 is 6.55 Å². The maximum Gasteiger partial charge on any atom is 0.320 e. The summed E-state index contributed by atoms with van der Waals surface area (Å²) in [4.78, 5) is 35.9. The molecular weight excluding hydrogens is 420 g/mol. The third-order valence-corrected chi connectivity index (χ3v) is 6.35. The monoisotopic (exact) mass is 435 g/mol. The molecule has 0 radical (unpaired) electrons. The van der Waals surface area contributed by atoms with Crippen LogP contribution in [-0.2, 0) is 9.59 Å². The van der Waals surface area contributed by atoms with E-state index in [0.29, 0.717) is 16.3 Å². The van der Waals surface area contributed by atoms with Gasteiger partial charge in [0.25, 0.3) is 0 Å². The maximum atomic E-state index is 13.1. The normalized spacial score (nSPS) is 13.7. The Morgan fingerprint density at radius 2 is 2.14 bits per heavy atom. The van der Waals surface area contributed by atoms with Gasteiger partial charge in [-0.2, -0.15) is 8.78 Å². The Labute approximate surface area is 172 Å². The van der Waals surface area contributed by atoms with Crippen LogP contribution in [0, 0.1) is 6.92 Å². The molecule has 1 aliphatic heterocycles. The third kappa shape index (κ3) is 3.87. The van der Waals surface area contributed by atoms with Crippen LogP contribution in [0.1, 0.15) is 12.2 Å². The average Bonchev–Trinajstić information content (AvgIpc) is 3.30. The number of alkyl halides is 2. The van der Waals surface area contributed by atoms with Crippen molar-refractivity contribution in [1.29, 1.82) is 0 Å². The molecule has 7 nitrogen and oxygen atoms in total. The number of halogens is 2. The summed E-state index contributed by atoms with van der Waals surface area (Å²) in [5.74, 6) is -0.217.